The molecule has 0 heterocycles. The summed E-state index contributed by atoms with van der Waals surface area (Å²) in [5.41, 5.74) is 7.63. The smallest absolute Gasteiger partial charge is 0.119 e. The van der Waals surface area contributed by atoms with Crippen LogP contribution in [0.3, 0.4) is 0 Å². The summed E-state index contributed by atoms with van der Waals surface area (Å²) in [6, 6.07) is 9.13. The number of nitrogens with two attached hydrogens (primary N) is 1. The van der Waals surface area contributed by atoms with Gasteiger partial charge in [0.1, 0.15) is 5.75 Å². The Balaban J connectivity index is 2.00. The maximum Gasteiger partial charge on any atom is 0.119 e. The van der Waals surface area contributed by atoms with E-state index in [1.165, 1.54) is 24.8 Å². The highest BCUT2D eigenvalue weighted by atomic mass is 16.5. The lowest BCUT2D eigenvalue weighted by molar-refractivity contribution is 0.129. The van der Waals surface area contributed by atoms with Gasteiger partial charge in [-0.2, -0.15) is 0 Å². The molecule has 3 unspecified atom stereocenters. The molecule has 1 aromatic carbocycles. The van der Waals surface area contributed by atoms with Crippen molar-refractivity contribution in [2.24, 2.45) is 11.7 Å². The van der Waals surface area contributed by atoms with Crippen LogP contribution in [0.5, 0.6) is 5.75 Å². The Kier molecular flexibility index (Phi) is 5.44. The fraction of sp³-hybridized carbons (Fsp3) is 0.647. The molecule has 0 aliphatic heterocycles. The van der Waals surface area contributed by atoms with Crippen LogP contribution in [0, 0.1) is 5.92 Å². The molecule has 1 aliphatic rings. The SMILES string of the molecule is CCC1CCC(N)C(N(C)Cc2cccc(OC)c2)C1. The molecule has 1 saturated carbocycles. The Labute approximate surface area is 123 Å². The van der Waals surface area contributed by atoms with E-state index in [4.69, 9.17) is 10.5 Å². The van der Waals surface area contributed by atoms with Crippen molar-refractivity contribution in [3.05, 3.63) is 29.8 Å². The van der Waals surface area contributed by atoms with Crippen molar-refractivity contribution < 1.29 is 4.74 Å². The van der Waals surface area contributed by atoms with Crippen LogP contribution in [0.1, 0.15) is 38.2 Å². The monoisotopic (exact) mass is 276 g/mol. The van der Waals surface area contributed by atoms with Crippen LogP contribution in [0.15, 0.2) is 24.3 Å². The summed E-state index contributed by atoms with van der Waals surface area (Å²) in [6.45, 7) is 3.23. The molecule has 0 saturated heterocycles. The van der Waals surface area contributed by atoms with E-state index >= 15 is 0 Å². The van der Waals surface area contributed by atoms with E-state index in [0.717, 1.165) is 24.6 Å². The number of nitrogens with zero attached hydrogens (tertiary/aromatic N) is 1. The summed E-state index contributed by atoms with van der Waals surface area (Å²) in [5.74, 6) is 1.77. The molecule has 0 radical (unpaired) electrons. The summed E-state index contributed by atoms with van der Waals surface area (Å²) in [7, 11) is 3.91. The molecule has 0 aromatic heterocycles. The van der Waals surface area contributed by atoms with E-state index in [2.05, 4.69) is 37.1 Å². The zero-order valence-corrected chi connectivity index (χ0v) is 13.0. The summed E-state index contributed by atoms with van der Waals surface area (Å²) in [5, 5.41) is 0. The van der Waals surface area contributed by atoms with Gasteiger partial charge in [0.25, 0.3) is 0 Å². The molecule has 1 aliphatic carbocycles. The molecule has 0 bridgehead atoms. The second kappa shape index (κ2) is 7.09. The average molecular weight is 276 g/mol. The second-order valence-electron chi connectivity index (χ2n) is 6.09. The molecule has 3 heteroatoms. The zero-order chi connectivity index (χ0) is 14.5. The van der Waals surface area contributed by atoms with Gasteiger partial charge in [0.2, 0.25) is 0 Å². The third-order valence-corrected chi connectivity index (χ3v) is 4.69. The first-order valence-corrected chi connectivity index (χ1v) is 7.72. The van der Waals surface area contributed by atoms with Gasteiger partial charge < -0.3 is 10.5 Å². The molecular weight excluding hydrogens is 248 g/mol. The Morgan fingerprint density at radius 1 is 1.35 bits per heavy atom. The quantitative estimate of drug-likeness (QED) is 0.898. The largest absolute Gasteiger partial charge is 0.497 e. The Hall–Kier alpha value is -1.06. The van der Waals surface area contributed by atoms with Gasteiger partial charge in [-0.25, -0.2) is 0 Å². The molecule has 3 atom stereocenters. The summed E-state index contributed by atoms with van der Waals surface area (Å²) < 4.78 is 5.29. The lowest BCUT2D eigenvalue weighted by Crippen LogP contribution is -2.49. The zero-order valence-electron chi connectivity index (χ0n) is 13.0. The summed E-state index contributed by atoms with van der Waals surface area (Å²) in [6.07, 6.45) is 4.96. The molecule has 112 valence electrons. The lowest BCUT2D eigenvalue weighted by Gasteiger charge is -2.39. The minimum absolute atomic E-state index is 0.313. The van der Waals surface area contributed by atoms with E-state index in [1.54, 1.807) is 7.11 Å². The van der Waals surface area contributed by atoms with Gasteiger partial charge in [0.05, 0.1) is 7.11 Å². The van der Waals surface area contributed by atoms with Crippen LogP contribution in [0.2, 0.25) is 0 Å². The molecular formula is C17H28N2O. The summed E-state index contributed by atoms with van der Waals surface area (Å²) >= 11 is 0. The Morgan fingerprint density at radius 2 is 2.15 bits per heavy atom. The van der Waals surface area contributed by atoms with Crippen molar-refractivity contribution in [1.82, 2.24) is 4.90 Å². The second-order valence-corrected chi connectivity index (χ2v) is 6.09. The van der Waals surface area contributed by atoms with Gasteiger partial charge in [-0.1, -0.05) is 25.5 Å². The van der Waals surface area contributed by atoms with E-state index in [-0.39, 0.29) is 0 Å². The first-order chi connectivity index (χ1) is 9.63. The Bertz CT molecular complexity index is 421. The third kappa shape index (κ3) is 3.74. The predicted octanol–water partition coefficient (Wildman–Crippen LogP) is 3.03. The van der Waals surface area contributed by atoms with Crippen molar-refractivity contribution in [3.63, 3.8) is 0 Å². The molecule has 1 aromatic rings. The molecule has 1 fully saturated rings. The first-order valence-electron chi connectivity index (χ1n) is 7.72. The normalized spacial score (nSPS) is 26.8. The number of methoxy groups -OCH3 is 1. The highest BCUT2D eigenvalue weighted by molar-refractivity contribution is 5.28. The standard InChI is InChI=1S/C17H28N2O/c1-4-13-8-9-16(18)17(11-13)19(2)12-14-6-5-7-15(10-14)20-3/h5-7,10,13,16-17H,4,8-9,11-12,18H2,1-3H3. The van der Waals surface area contributed by atoms with Crippen LogP contribution >= 0.6 is 0 Å². The van der Waals surface area contributed by atoms with Gasteiger partial charge >= 0.3 is 0 Å². The van der Waals surface area contributed by atoms with Gasteiger partial charge in [0.15, 0.2) is 0 Å². The van der Waals surface area contributed by atoms with E-state index < -0.39 is 0 Å². The van der Waals surface area contributed by atoms with Crippen LogP contribution in [0.4, 0.5) is 0 Å². The lowest BCUT2D eigenvalue weighted by atomic mass is 9.80. The van der Waals surface area contributed by atoms with Crippen LogP contribution in [0.25, 0.3) is 0 Å². The Morgan fingerprint density at radius 3 is 2.85 bits per heavy atom. The van der Waals surface area contributed by atoms with Gasteiger partial charge in [-0.3, -0.25) is 4.90 Å². The predicted molar refractivity (Wildman–Crippen MR) is 83.9 cm³/mol. The van der Waals surface area contributed by atoms with Crippen molar-refractivity contribution >= 4 is 0 Å². The number of hydrogen-bond acceptors (Lipinski definition) is 3. The van der Waals surface area contributed by atoms with Crippen LogP contribution in [-0.4, -0.2) is 31.1 Å². The molecule has 3 nitrogen and oxygen atoms in total. The topological polar surface area (TPSA) is 38.5 Å². The van der Waals surface area contributed by atoms with Gasteiger partial charge in [-0.05, 0) is 49.9 Å². The van der Waals surface area contributed by atoms with E-state index in [0.29, 0.717) is 12.1 Å². The fourth-order valence-corrected chi connectivity index (χ4v) is 3.31. The highest BCUT2D eigenvalue weighted by Gasteiger charge is 2.29. The average Bonchev–Trinajstić information content (AvgIpc) is 2.47. The number of rotatable bonds is 5. The number of ether oxygens (including phenoxy) is 1. The maximum atomic E-state index is 6.34. The van der Waals surface area contributed by atoms with Crippen molar-refractivity contribution in [2.75, 3.05) is 14.2 Å². The summed E-state index contributed by atoms with van der Waals surface area (Å²) in [4.78, 5) is 2.42. The van der Waals surface area contributed by atoms with Crippen molar-refractivity contribution in [3.8, 4) is 5.75 Å². The molecule has 2 rings (SSSR count). The maximum absolute atomic E-state index is 6.34. The van der Waals surface area contributed by atoms with E-state index in [1.807, 2.05) is 6.07 Å². The van der Waals surface area contributed by atoms with Crippen LogP contribution < -0.4 is 10.5 Å². The number of likely N-dealkylation sites (N-methyl/N-ethyl adjacent to an activating group) is 1. The van der Waals surface area contributed by atoms with Gasteiger partial charge in [-0.15, -0.1) is 0 Å². The number of benzene rings is 1. The molecule has 20 heavy (non-hydrogen) atoms. The minimum Gasteiger partial charge on any atom is -0.497 e. The van der Waals surface area contributed by atoms with Crippen molar-refractivity contribution in [1.29, 1.82) is 0 Å². The third-order valence-electron chi connectivity index (χ3n) is 4.69. The minimum atomic E-state index is 0.313. The molecule has 2 N–H and O–H groups in total. The van der Waals surface area contributed by atoms with Crippen molar-refractivity contribution in [2.45, 2.75) is 51.2 Å². The fourth-order valence-electron chi connectivity index (χ4n) is 3.31. The van der Waals surface area contributed by atoms with E-state index in [9.17, 15) is 0 Å². The number of hydrogen-bond donors (Lipinski definition) is 1. The molecule has 0 spiro atoms. The van der Waals surface area contributed by atoms with Crippen LogP contribution in [-0.2, 0) is 6.54 Å². The van der Waals surface area contributed by atoms with Gasteiger partial charge in [0, 0.05) is 18.6 Å². The first kappa shape index (κ1) is 15.3. The molecule has 0 amide bonds. The highest BCUT2D eigenvalue weighted by Crippen LogP contribution is 2.29.